The Bertz CT molecular complexity index is 818. The first-order valence-electron chi connectivity index (χ1n) is 6.82. The van der Waals surface area contributed by atoms with Gasteiger partial charge in [-0.3, -0.25) is 10.1 Å². The fourth-order valence-corrected chi connectivity index (χ4v) is 2.11. The maximum absolute atomic E-state index is 12.7. The molecule has 1 heterocycles. The molecule has 2 rings (SSSR count). The number of rotatable bonds is 6. The number of alkyl halides is 3. The lowest BCUT2D eigenvalue weighted by Gasteiger charge is -2.09. The molecule has 0 N–H and O–H groups in total. The van der Waals surface area contributed by atoms with Crippen LogP contribution in [0.3, 0.4) is 0 Å². The van der Waals surface area contributed by atoms with Crippen molar-refractivity contribution in [3.8, 4) is 5.75 Å². The van der Waals surface area contributed by atoms with E-state index in [1.807, 2.05) is 0 Å². The quantitative estimate of drug-likeness (QED) is 0.577. The summed E-state index contributed by atoms with van der Waals surface area (Å²) in [5, 5.41) is 21.8. The summed E-state index contributed by atoms with van der Waals surface area (Å²) in [6.07, 6.45) is -3.73. The van der Waals surface area contributed by atoms with Crippen LogP contribution in [0.1, 0.15) is 18.3 Å². The third kappa shape index (κ3) is 3.84. The van der Waals surface area contributed by atoms with Crippen molar-refractivity contribution in [2.24, 2.45) is 0 Å². The van der Waals surface area contributed by atoms with E-state index in [1.165, 1.54) is 4.57 Å². The second-order valence-corrected chi connectivity index (χ2v) is 4.76. The lowest BCUT2D eigenvalue weighted by molar-refractivity contribution is -0.392. The van der Waals surface area contributed by atoms with E-state index in [9.17, 15) is 33.4 Å². The molecule has 0 fully saturated rings. The van der Waals surface area contributed by atoms with E-state index >= 15 is 0 Å². The van der Waals surface area contributed by atoms with E-state index < -0.39 is 33.0 Å². The number of nitro groups is 2. The van der Waals surface area contributed by atoms with Crippen molar-refractivity contribution >= 4 is 11.5 Å². The number of benzene rings is 1. The number of nitro benzene ring substituents is 1. The topological polar surface area (TPSA) is 113 Å². The Morgan fingerprint density at radius 2 is 1.92 bits per heavy atom. The van der Waals surface area contributed by atoms with Crippen molar-refractivity contribution in [3.05, 3.63) is 56.0 Å². The van der Waals surface area contributed by atoms with Crippen LogP contribution in [0, 0.1) is 20.2 Å². The molecule has 0 saturated heterocycles. The van der Waals surface area contributed by atoms with Crippen LogP contribution in [0.4, 0.5) is 24.7 Å². The molecule has 0 spiro atoms. The number of halogens is 3. The van der Waals surface area contributed by atoms with Gasteiger partial charge in [-0.25, -0.2) is 9.55 Å². The van der Waals surface area contributed by atoms with Crippen LogP contribution >= 0.6 is 0 Å². The van der Waals surface area contributed by atoms with Crippen molar-refractivity contribution < 1.29 is 27.8 Å². The number of hydrogen-bond donors (Lipinski definition) is 0. The Kier molecular flexibility index (Phi) is 4.90. The zero-order valence-electron chi connectivity index (χ0n) is 12.7. The summed E-state index contributed by atoms with van der Waals surface area (Å²) in [7, 11) is 0. The molecule has 0 bridgehead atoms. The van der Waals surface area contributed by atoms with Gasteiger partial charge in [-0.05, 0) is 24.0 Å². The lowest BCUT2D eigenvalue weighted by Crippen LogP contribution is -2.10. The van der Waals surface area contributed by atoms with Gasteiger partial charge in [-0.15, -0.1) is 0 Å². The third-order valence-corrected chi connectivity index (χ3v) is 3.26. The molecule has 0 unspecified atom stereocenters. The van der Waals surface area contributed by atoms with Crippen molar-refractivity contribution in [2.45, 2.75) is 26.3 Å². The summed E-state index contributed by atoms with van der Waals surface area (Å²) >= 11 is 0. The van der Waals surface area contributed by atoms with Crippen molar-refractivity contribution in [3.63, 3.8) is 0 Å². The summed E-state index contributed by atoms with van der Waals surface area (Å²) in [6, 6.07) is 1.84. The maximum atomic E-state index is 12.7. The molecule has 0 aliphatic carbocycles. The molecule has 0 atom stereocenters. The summed E-state index contributed by atoms with van der Waals surface area (Å²) in [5.41, 5.74) is -2.05. The number of aromatic nitrogens is 2. The lowest BCUT2D eigenvalue weighted by atomic mass is 10.2. The van der Waals surface area contributed by atoms with Crippen molar-refractivity contribution in [1.29, 1.82) is 0 Å². The zero-order chi connectivity index (χ0) is 18.8. The highest BCUT2D eigenvalue weighted by Crippen LogP contribution is 2.36. The highest BCUT2D eigenvalue weighted by molar-refractivity contribution is 5.49. The van der Waals surface area contributed by atoms with Crippen LogP contribution in [0.2, 0.25) is 0 Å². The highest BCUT2D eigenvalue weighted by Gasteiger charge is 2.33. The number of ether oxygens (including phenoxy) is 1. The molecule has 0 radical (unpaired) electrons. The predicted octanol–water partition coefficient (Wildman–Crippen LogP) is 3.32. The van der Waals surface area contributed by atoms with Gasteiger partial charge in [-0.1, -0.05) is 0 Å². The van der Waals surface area contributed by atoms with Crippen molar-refractivity contribution in [2.75, 3.05) is 0 Å². The number of hydrogen-bond acceptors (Lipinski definition) is 6. The molecule has 134 valence electrons. The summed E-state index contributed by atoms with van der Waals surface area (Å²) in [5.74, 6) is -0.572. The van der Waals surface area contributed by atoms with Crippen LogP contribution in [-0.4, -0.2) is 19.4 Å². The average molecular weight is 360 g/mol. The smallest absolute Gasteiger partial charge is 0.416 e. The SMILES string of the molecule is CCn1c([N+](=O)[O-])cnc1COc1ccc(C(F)(F)F)cc1[N+](=O)[O-]. The predicted molar refractivity (Wildman–Crippen MR) is 77.0 cm³/mol. The standard InChI is InChI=1S/C13H11F3N4O5/c1-2-18-11(17-6-12(18)20(23)24)7-25-10-4-3-8(13(14,15)16)5-9(10)19(21)22/h3-6H,2,7H2,1H3. The maximum Gasteiger partial charge on any atom is 0.416 e. The van der Waals surface area contributed by atoms with Gasteiger partial charge in [-0.2, -0.15) is 13.2 Å². The van der Waals surface area contributed by atoms with Gasteiger partial charge in [0.2, 0.25) is 5.82 Å². The number of nitrogens with zero attached hydrogens (tertiary/aromatic N) is 4. The molecule has 0 saturated carbocycles. The molecular formula is C13H11F3N4O5. The Morgan fingerprint density at radius 3 is 2.44 bits per heavy atom. The molecule has 25 heavy (non-hydrogen) atoms. The third-order valence-electron chi connectivity index (χ3n) is 3.26. The number of imidazole rings is 1. The van der Waals surface area contributed by atoms with E-state index in [0.717, 1.165) is 12.3 Å². The molecule has 1 aromatic carbocycles. The van der Waals surface area contributed by atoms with Crippen LogP contribution < -0.4 is 4.74 Å². The second-order valence-electron chi connectivity index (χ2n) is 4.76. The Hall–Kier alpha value is -3.18. The minimum atomic E-state index is -4.73. The van der Waals surface area contributed by atoms with Gasteiger partial charge >= 0.3 is 17.7 Å². The summed E-state index contributed by atoms with van der Waals surface area (Å²) in [6.45, 7) is 1.44. The van der Waals surface area contributed by atoms with Gasteiger partial charge in [0.05, 0.1) is 17.0 Å². The van der Waals surface area contributed by atoms with E-state index in [4.69, 9.17) is 4.74 Å². The molecule has 0 aliphatic heterocycles. The van der Waals surface area contributed by atoms with Gasteiger partial charge in [0.25, 0.3) is 0 Å². The van der Waals surface area contributed by atoms with Crippen LogP contribution in [0.15, 0.2) is 24.4 Å². The molecule has 1 aromatic heterocycles. The Balaban J connectivity index is 2.29. The van der Waals surface area contributed by atoms with Gasteiger partial charge in [0.1, 0.15) is 6.20 Å². The molecule has 0 aliphatic rings. The minimum absolute atomic E-state index is 0.114. The van der Waals surface area contributed by atoms with Gasteiger partial charge in [0, 0.05) is 6.07 Å². The van der Waals surface area contributed by atoms with E-state index in [0.29, 0.717) is 12.1 Å². The van der Waals surface area contributed by atoms with Crippen LogP contribution in [0.25, 0.3) is 0 Å². The Labute approximate surface area is 138 Å². The first-order chi connectivity index (χ1) is 11.6. The fourth-order valence-electron chi connectivity index (χ4n) is 2.11. The summed E-state index contributed by atoms with van der Waals surface area (Å²) in [4.78, 5) is 24.0. The van der Waals surface area contributed by atoms with E-state index in [1.54, 1.807) is 6.92 Å². The van der Waals surface area contributed by atoms with Crippen LogP contribution in [0.5, 0.6) is 5.75 Å². The molecule has 9 nitrogen and oxygen atoms in total. The van der Waals surface area contributed by atoms with Gasteiger partial charge < -0.3 is 14.9 Å². The van der Waals surface area contributed by atoms with E-state index in [-0.39, 0.29) is 24.8 Å². The van der Waals surface area contributed by atoms with E-state index in [2.05, 4.69) is 4.98 Å². The summed E-state index contributed by atoms with van der Waals surface area (Å²) < 4.78 is 44.3. The zero-order valence-corrected chi connectivity index (χ0v) is 12.7. The van der Waals surface area contributed by atoms with Gasteiger partial charge in [0.15, 0.2) is 12.4 Å². The average Bonchev–Trinajstić information content (AvgIpc) is 2.94. The first-order valence-corrected chi connectivity index (χ1v) is 6.82. The normalized spacial score (nSPS) is 11.4. The molecular weight excluding hydrogens is 349 g/mol. The largest absolute Gasteiger partial charge is 0.476 e. The Morgan fingerprint density at radius 1 is 1.24 bits per heavy atom. The van der Waals surface area contributed by atoms with Crippen LogP contribution in [-0.2, 0) is 19.3 Å². The first kappa shape index (κ1) is 18.2. The fraction of sp³-hybridized carbons (Fsp3) is 0.308. The molecule has 0 amide bonds. The minimum Gasteiger partial charge on any atom is -0.476 e. The molecule has 12 heteroatoms. The second kappa shape index (κ2) is 6.75. The molecule has 2 aromatic rings. The highest BCUT2D eigenvalue weighted by atomic mass is 19.4. The van der Waals surface area contributed by atoms with Crippen molar-refractivity contribution in [1.82, 2.24) is 9.55 Å². The monoisotopic (exact) mass is 360 g/mol.